The van der Waals surface area contributed by atoms with E-state index in [1.165, 1.54) is 11.3 Å². The van der Waals surface area contributed by atoms with E-state index >= 15 is 0 Å². The van der Waals surface area contributed by atoms with Crippen molar-refractivity contribution in [3.63, 3.8) is 0 Å². The third-order valence-corrected chi connectivity index (χ3v) is 4.57. The molecule has 1 amide bonds. The first-order chi connectivity index (χ1) is 12.3. The lowest BCUT2D eigenvalue weighted by Crippen LogP contribution is -2.45. The zero-order valence-electron chi connectivity index (χ0n) is 14.6. The van der Waals surface area contributed by atoms with Gasteiger partial charge >= 0.3 is 0 Å². The molecule has 1 saturated heterocycles. The van der Waals surface area contributed by atoms with Crippen LogP contribution in [0.2, 0.25) is 0 Å². The summed E-state index contributed by atoms with van der Waals surface area (Å²) < 4.78 is 5.28. The minimum absolute atomic E-state index is 0.779. The number of hydrogen-bond acceptors (Lipinski definition) is 4. The highest BCUT2D eigenvalue weighted by molar-refractivity contribution is 5.70. The van der Waals surface area contributed by atoms with Crippen molar-refractivity contribution >= 4 is 17.8 Å². The number of methoxy groups -OCH3 is 1. The summed E-state index contributed by atoms with van der Waals surface area (Å²) in [4.78, 5) is 15.0. The first kappa shape index (κ1) is 17.1. The topological polar surface area (TPSA) is 44.8 Å². The number of piperazine rings is 1. The van der Waals surface area contributed by atoms with Crippen LogP contribution < -0.4 is 15.0 Å². The predicted octanol–water partition coefficient (Wildman–Crippen LogP) is 2.63. The maximum absolute atomic E-state index is 10.9. The summed E-state index contributed by atoms with van der Waals surface area (Å²) in [5.41, 5.74) is 3.60. The van der Waals surface area contributed by atoms with E-state index < -0.39 is 0 Å². The van der Waals surface area contributed by atoms with Gasteiger partial charge in [-0.15, -0.1) is 0 Å². The van der Waals surface area contributed by atoms with Crippen LogP contribution in [0.5, 0.6) is 5.75 Å². The van der Waals surface area contributed by atoms with E-state index in [4.69, 9.17) is 4.74 Å². The minimum Gasteiger partial charge on any atom is -0.497 e. The Labute approximate surface area is 149 Å². The van der Waals surface area contributed by atoms with E-state index in [0.717, 1.165) is 57.0 Å². The van der Waals surface area contributed by atoms with Crippen LogP contribution in [0.1, 0.15) is 5.56 Å². The number of benzene rings is 2. The third-order valence-electron chi connectivity index (χ3n) is 4.57. The Balaban J connectivity index is 1.60. The van der Waals surface area contributed by atoms with E-state index in [0.29, 0.717) is 0 Å². The Hall–Kier alpha value is -2.69. The molecular weight excluding hydrogens is 314 g/mol. The molecule has 0 bridgehead atoms. The van der Waals surface area contributed by atoms with Gasteiger partial charge in [0.15, 0.2) is 0 Å². The van der Waals surface area contributed by atoms with Crippen LogP contribution in [0, 0.1) is 0 Å². The number of rotatable bonds is 7. The maximum Gasteiger partial charge on any atom is 0.209 e. The molecule has 5 nitrogen and oxygen atoms in total. The van der Waals surface area contributed by atoms with Crippen molar-refractivity contribution in [2.45, 2.75) is 6.42 Å². The second-order valence-corrected chi connectivity index (χ2v) is 6.17. The summed E-state index contributed by atoms with van der Waals surface area (Å²) in [6.07, 6.45) is 1.88. The van der Waals surface area contributed by atoms with Crippen molar-refractivity contribution in [1.29, 1.82) is 0 Å². The summed E-state index contributed by atoms with van der Waals surface area (Å²) in [7, 11) is 1.69. The van der Waals surface area contributed by atoms with Crippen LogP contribution in [-0.4, -0.2) is 51.1 Å². The number of carbonyl (C=O) groups excluding carboxylic acids is 1. The van der Waals surface area contributed by atoms with Gasteiger partial charge in [-0.3, -0.25) is 4.79 Å². The third kappa shape index (κ3) is 4.44. The molecule has 2 aromatic rings. The van der Waals surface area contributed by atoms with Gasteiger partial charge in [0, 0.05) is 32.7 Å². The molecule has 5 heteroatoms. The summed E-state index contributed by atoms with van der Waals surface area (Å²) in [5.74, 6) is 0.894. The molecule has 1 fully saturated rings. The summed E-state index contributed by atoms with van der Waals surface area (Å²) in [5, 5.41) is 3.56. The van der Waals surface area contributed by atoms with Crippen molar-refractivity contribution in [2.24, 2.45) is 0 Å². The van der Waals surface area contributed by atoms with E-state index in [9.17, 15) is 4.79 Å². The molecule has 0 radical (unpaired) electrons. The van der Waals surface area contributed by atoms with Gasteiger partial charge < -0.3 is 19.9 Å². The zero-order valence-corrected chi connectivity index (χ0v) is 14.6. The number of carbonyl (C=O) groups is 1. The fraction of sp³-hybridized carbons (Fsp3) is 0.350. The number of amides is 1. The fourth-order valence-corrected chi connectivity index (χ4v) is 3.14. The van der Waals surface area contributed by atoms with Crippen molar-refractivity contribution in [1.82, 2.24) is 4.90 Å². The Kier molecular flexibility index (Phi) is 5.77. The van der Waals surface area contributed by atoms with E-state index in [1.54, 1.807) is 7.11 Å². The molecule has 0 unspecified atom stereocenters. The zero-order chi connectivity index (χ0) is 17.5. The van der Waals surface area contributed by atoms with Gasteiger partial charge in [0.25, 0.3) is 0 Å². The van der Waals surface area contributed by atoms with Crippen molar-refractivity contribution < 1.29 is 9.53 Å². The molecule has 1 heterocycles. The molecule has 25 heavy (non-hydrogen) atoms. The fourth-order valence-electron chi connectivity index (χ4n) is 3.14. The van der Waals surface area contributed by atoms with Crippen LogP contribution in [-0.2, 0) is 11.2 Å². The van der Waals surface area contributed by atoms with E-state index in [-0.39, 0.29) is 0 Å². The molecule has 132 valence electrons. The Morgan fingerprint density at radius 1 is 1.08 bits per heavy atom. The van der Waals surface area contributed by atoms with Crippen molar-refractivity contribution in [3.05, 3.63) is 54.1 Å². The standard InChI is InChI=1S/C20H25N3O2/c1-25-18-6-4-5-17(15-18)9-10-21-19-7-2-3-8-20(19)23-13-11-22(16-24)12-14-23/h2-8,15-16,21H,9-14H2,1H3. The van der Waals surface area contributed by atoms with E-state index in [1.807, 2.05) is 17.0 Å². The lowest BCUT2D eigenvalue weighted by atomic mass is 10.1. The van der Waals surface area contributed by atoms with Crippen LogP contribution >= 0.6 is 0 Å². The lowest BCUT2D eigenvalue weighted by molar-refractivity contribution is -0.118. The average Bonchev–Trinajstić information content (AvgIpc) is 2.69. The largest absolute Gasteiger partial charge is 0.497 e. The van der Waals surface area contributed by atoms with Gasteiger partial charge in [0.1, 0.15) is 5.75 Å². The smallest absolute Gasteiger partial charge is 0.209 e. The van der Waals surface area contributed by atoms with Gasteiger partial charge in [0.05, 0.1) is 18.5 Å². The SMILES string of the molecule is COc1cccc(CCNc2ccccc2N2CCN(C=O)CC2)c1. The monoisotopic (exact) mass is 339 g/mol. The minimum atomic E-state index is 0.779. The molecule has 1 aliphatic rings. The van der Waals surface area contributed by atoms with Crippen LogP contribution in [0.3, 0.4) is 0 Å². The molecule has 0 aliphatic carbocycles. The second-order valence-electron chi connectivity index (χ2n) is 6.17. The van der Waals surface area contributed by atoms with Gasteiger partial charge in [-0.2, -0.15) is 0 Å². The van der Waals surface area contributed by atoms with Gasteiger partial charge in [-0.25, -0.2) is 0 Å². The molecular formula is C20H25N3O2. The van der Waals surface area contributed by atoms with Crippen LogP contribution in [0.25, 0.3) is 0 Å². The first-order valence-corrected chi connectivity index (χ1v) is 8.70. The molecule has 0 aromatic heterocycles. The molecule has 1 aliphatic heterocycles. The number of nitrogens with zero attached hydrogens (tertiary/aromatic N) is 2. The highest BCUT2D eigenvalue weighted by Crippen LogP contribution is 2.26. The van der Waals surface area contributed by atoms with Gasteiger partial charge in [-0.1, -0.05) is 24.3 Å². The lowest BCUT2D eigenvalue weighted by Gasteiger charge is -2.35. The van der Waals surface area contributed by atoms with Gasteiger partial charge in [0.2, 0.25) is 6.41 Å². The van der Waals surface area contributed by atoms with Crippen molar-refractivity contribution in [3.8, 4) is 5.75 Å². The van der Waals surface area contributed by atoms with E-state index in [2.05, 4.69) is 46.6 Å². The molecule has 0 spiro atoms. The normalized spacial score (nSPS) is 14.3. The molecule has 2 aromatic carbocycles. The number of para-hydroxylation sites is 2. The Morgan fingerprint density at radius 2 is 1.88 bits per heavy atom. The highest BCUT2D eigenvalue weighted by atomic mass is 16.5. The predicted molar refractivity (Wildman–Crippen MR) is 101 cm³/mol. The maximum atomic E-state index is 10.9. The Bertz CT molecular complexity index is 697. The van der Waals surface area contributed by atoms with Crippen LogP contribution in [0.15, 0.2) is 48.5 Å². The van der Waals surface area contributed by atoms with Crippen molar-refractivity contribution in [2.75, 3.05) is 50.1 Å². The summed E-state index contributed by atoms with van der Waals surface area (Å²) in [6, 6.07) is 16.6. The number of ether oxygens (including phenoxy) is 1. The number of nitrogens with one attached hydrogen (secondary N) is 1. The molecule has 3 rings (SSSR count). The molecule has 0 saturated carbocycles. The first-order valence-electron chi connectivity index (χ1n) is 8.70. The summed E-state index contributed by atoms with van der Waals surface area (Å²) >= 11 is 0. The number of hydrogen-bond donors (Lipinski definition) is 1. The molecule has 0 atom stereocenters. The van der Waals surface area contributed by atoms with Crippen LogP contribution in [0.4, 0.5) is 11.4 Å². The second kappa shape index (κ2) is 8.42. The Morgan fingerprint density at radius 3 is 2.64 bits per heavy atom. The summed E-state index contributed by atoms with van der Waals surface area (Å²) in [6.45, 7) is 4.16. The average molecular weight is 339 g/mol. The molecule has 1 N–H and O–H groups in total. The highest BCUT2D eigenvalue weighted by Gasteiger charge is 2.17. The number of anilines is 2. The quantitative estimate of drug-likeness (QED) is 0.788. The van der Waals surface area contributed by atoms with Gasteiger partial charge in [-0.05, 0) is 36.2 Å².